The van der Waals surface area contributed by atoms with Gasteiger partial charge in [-0.1, -0.05) is 97.1 Å². The Morgan fingerprint density at radius 2 is 1.15 bits per heavy atom. The largest absolute Gasteiger partial charge is 0.342 e. The van der Waals surface area contributed by atoms with Gasteiger partial charge in [0.15, 0.2) is 0 Å². The van der Waals surface area contributed by atoms with Crippen LogP contribution in [-0.4, -0.2) is 9.13 Å². The molecule has 0 spiro atoms. The number of hydrogen-bond donors (Lipinski definition) is 0. The minimum atomic E-state index is 0.705. The summed E-state index contributed by atoms with van der Waals surface area (Å²) in [5, 5.41) is 12.5. The van der Waals surface area contributed by atoms with Crippen LogP contribution in [0.25, 0.3) is 33.1 Å². The van der Waals surface area contributed by atoms with Crippen LogP contribution in [0.15, 0.2) is 115 Å². The topological polar surface area (TPSA) is 33.6 Å². The van der Waals surface area contributed by atoms with Gasteiger partial charge in [-0.2, -0.15) is 5.26 Å². The van der Waals surface area contributed by atoms with E-state index >= 15 is 0 Å². The highest BCUT2D eigenvalue weighted by Crippen LogP contribution is 2.38. The summed E-state index contributed by atoms with van der Waals surface area (Å²) in [6.07, 6.45) is 2.22. The Bertz CT molecular complexity index is 1650. The highest BCUT2D eigenvalue weighted by molar-refractivity contribution is 6.02. The number of rotatable bonds is 5. The molecule has 0 fully saturated rings. The van der Waals surface area contributed by atoms with Crippen molar-refractivity contribution in [1.29, 1.82) is 5.26 Å². The van der Waals surface area contributed by atoms with Crippen molar-refractivity contribution in [3.8, 4) is 17.3 Å². The van der Waals surface area contributed by atoms with Crippen molar-refractivity contribution >= 4 is 21.8 Å². The number of nitrogens with zero attached hydrogens (tertiary/aromatic N) is 3. The fraction of sp³-hybridized carbons (Fsp3) is 0.0645. The molecule has 3 heteroatoms. The summed E-state index contributed by atoms with van der Waals surface area (Å²) in [4.78, 5) is 0. The van der Waals surface area contributed by atoms with Crippen LogP contribution in [-0.2, 0) is 13.1 Å². The summed E-state index contributed by atoms with van der Waals surface area (Å²) >= 11 is 0. The maximum Gasteiger partial charge on any atom is 0.102 e. The Morgan fingerprint density at radius 3 is 1.82 bits per heavy atom. The Balaban J connectivity index is 1.62. The fourth-order valence-corrected chi connectivity index (χ4v) is 4.97. The van der Waals surface area contributed by atoms with E-state index in [9.17, 15) is 5.26 Å². The van der Waals surface area contributed by atoms with Crippen LogP contribution in [0.3, 0.4) is 0 Å². The Kier molecular flexibility index (Phi) is 4.98. The van der Waals surface area contributed by atoms with Gasteiger partial charge in [0.1, 0.15) is 6.07 Å². The molecule has 0 amide bonds. The van der Waals surface area contributed by atoms with Crippen LogP contribution in [0, 0.1) is 11.3 Å². The molecule has 0 aliphatic heterocycles. The average Bonchev–Trinajstić information content (AvgIpc) is 3.40. The van der Waals surface area contributed by atoms with Crippen LogP contribution in [0.2, 0.25) is 0 Å². The summed E-state index contributed by atoms with van der Waals surface area (Å²) < 4.78 is 4.60. The number of para-hydroxylation sites is 2. The van der Waals surface area contributed by atoms with E-state index in [1.165, 1.54) is 16.6 Å². The average molecular weight is 438 g/mol. The molecule has 0 aliphatic carbocycles. The minimum absolute atomic E-state index is 0.705. The third kappa shape index (κ3) is 3.37. The highest BCUT2D eigenvalue weighted by atomic mass is 15.0. The van der Waals surface area contributed by atoms with Gasteiger partial charge in [-0.05, 0) is 23.3 Å². The number of fused-ring (bicyclic) bond motifs is 2. The molecule has 0 saturated carbocycles. The van der Waals surface area contributed by atoms with Crippen LogP contribution < -0.4 is 0 Å². The van der Waals surface area contributed by atoms with Gasteiger partial charge in [-0.3, -0.25) is 0 Å². The van der Waals surface area contributed by atoms with E-state index in [0.717, 1.165) is 39.7 Å². The lowest BCUT2D eigenvalue weighted by Crippen LogP contribution is -2.02. The molecular formula is C31H23N3. The van der Waals surface area contributed by atoms with Crippen LogP contribution in [0.1, 0.15) is 16.7 Å². The van der Waals surface area contributed by atoms with E-state index in [4.69, 9.17) is 0 Å². The first-order valence-corrected chi connectivity index (χ1v) is 11.5. The van der Waals surface area contributed by atoms with Crippen molar-refractivity contribution in [2.24, 2.45) is 0 Å². The van der Waals surface area contributed by atoms with Crippen LogP contribution in [0.5, 0.6) is 0 Å². The monoisotopic (exact) mass is 437 g/mol. The zero-order valence-electron chi connectivity index (χ0n) is 18.7. The summed E-state index contributed by atoms with van der Waals surface area (Å²) in [5.41, 5.74) is 7.52. The Labute approximate surface area is 198 Å². The smallest absolute Gasteiger partial charge is 0.102 e. The van der Waals surface area contributed by atoms with Gasteiger partial charge in [0.25, 0.3) is 0 Å². The summed E-state index contributed by atoms with van der Waals surface area (Å²) in [5.74, 6) is 0. The summed E-state index contributed by atoms with van der Waals surface area (Å²) in [6, 6.07) is 40.2. The number of aromatic nitrogens is 2. The molecule has 2 heterocycles. The van der Waals surface area contributed by atoms with Gasteiger partial charge in [0.05, 0.1) is 16.8 Å². The van der Waals surface area contributed by atoms with Crippen molar-refractivity contribution in [1.82, 2.24) is 9.13 Å². The molecule has 0 bridgehead atoms. The molecule has 3 nitrogen and oxygen atoms in total. The number of nitriles is 1. The van der Waals surface area contributed by atoms with Crippen molar-refractivity contribution in [2.45, 2.75) is 13.1 Å². The minimum Gasteiger partial charge on any atom is -0.342 e. The molecular weight excluding hydrogens is 414 g/mol. The second-order valence-corrected chi connectivity index (χ2v) is 8.60. The van der Waals surface area contributed by atoms with Crippen molar-refractivity contribution < 1.29 is 0 Å². The van der Waals surface area contributed by atoms with Gasteiger partial charge in [0, 0.05) is 41.1 Å². The second-order valence-electron chi connectivity index (χ2n) is 8.60. The van der Waals surface area contributed by atoms with E-state index < -0.39 is 0 Å². The molecule has 34 heavy (non-hydrogen) atoms. The molecule has 4 aromatic carbocycles. The molecule has 0 N–H and O–H groups in total. The summed E-state index contributed by atoms with van der Waals surface area (Å²) in [6.45, 7) is 1.48. The predicted molar refractivity (Wildman–Crippen MR) is 139 cm³/mol. The third-order valence-corrected chi connectivity index (χ3v) is 6.51. The molecule has 0 atom stereocenters. The first kappa shape index (κ1) is 20.1. The molecule has 0 radical (unpaired) electrons. The normalized spacial score (nSPS) is 11.1. The lowest BCUT2D eigenvalue weighted by Gasteiger charge is -2.11. The van der Waals surface area contributed by atoms with Crippen LogP contribution in [0.4, 0.5) is 0 Å². The van der Waals surface area contributed by atoms with Crippen molar-refractivity contribution in [3.05, 3.63) is 132 Å². The zero-order valence-corrected chi connectivity index (χ0v) is 18.7. The third-order valence-electron chi connectivity index (χ3n) is 6.51. The SMILES string of the molecule is N#Cc1c(-c2cn(Cc3ccccc3)c3ccccc23)n(Cc2ccccc2)c2ccccc12. The molecule has 0 unspecified atom stereocenters. The predicted octanol–water partition coefficient (Wildman–Crippen LogP) is 7.23. The van der Waals surface area contributed by atoms with Crippen molar-refractivity contribution in [2.75, 3.05) is 0 Å². The van der Waals surface area contributed by atoms with E-state index in [1.54, 1.807) is 0 Å². The van der Waals surface area contributed by atoms with Gasteiger partial charge >= 0.3 is 0 Å². The van der Waals surface area contributed by atoms with Gasteiger partial charge < -0.3 is 9.13 Å². The van der Waals surface area contributed by atoms with Gasteiger partial charge in [-0.25, -0.2) is 0 Å². The number of benzene rings is 4. The lowest BCUT2D eigenvalue weighted by atomic mass is 10.1. The number of hydrogen-bond acceptors (Lipinski definition) is 1. The van der Waals surface area contributed by atoms with Gasteiger partial charge in [0.2, 0.25) is 0 Å². The lowest BCUT2D eigenvalue weighted by molar-refractivity contribution is 0.829. The fourth-order valence-electron chi connectivity index (χ4n) is 4.97. The van der Waals surface area contributed by atoms with E-state index in [1.807, 2.05) is 24.3 Å². The highest BCUT2D eigenvalue weighted by Gasteiger charge is 2.22. The van der Waals surface area contributed by atoms with Crippen LogP contribution >= 0.6 is 0 Å². The quantitative estimate of drug-likeness (QED) is 0.280. The Hall–Kier alpha value is -4.55. The van der Waals surface area contributed by atoms with E-state index in [-0.39, 0.29) is 0 Å². The van der Waals surface area contributed by atoms with E-state index in [0.29, 0.717) is 6.54 Å². The molecule has 2 aromatic heterocycles. The molecule has 0 aliphatic rings. The molecule has 162 valence electrons. The maximum atomic E-state index is 10.3. The molecule has 6 aromatic rings. The second kappa shape index (κ2) is 8.42. The Morgan fingerprint density at radius 1 is 0.588 bits per heavy atom. The van der Waals surface area contributed by atoms with Gasteiger partial charge in [-0.15, -0.1) is 0 Å². The maximum absolute atomic E-state index is 10.3. The van der Waals surface area contributed by atoms with Crippen molar-refractivity contribution in [3.63, 3.8) is 0 Å². The molecule has 6 rings (SSSR count). The standard InChI is InChI=1S/C31H23N3/c32-19-27-25-15-8-10-18-30(25)34(21-24-13-5-2-6-14-24)31(27)28-22-33(20-23-11-3-1-4-12-23)29-17-9-7-16-26(28)29/h1-18,22H,20-21H2. The first-order valence-electron chi connectivity index (χ1n) is 11.5. The zero-order chi connectivity index (χ0) is 22.9. The van der Waals surface area contributed by atoms with E-state index in [2.05, 4.69) is 106 Å². The summed E-state index contributed by atoms with van der Waals surface area (Å²) in [7, 11) is 0. The molecule has 0 saturated heterocycles. The first-order chi connectivity index (χ1) is 16.8.